The number of nitrogens with one attached hydrogen (secondary N) is 1. The van der Waals surface area contributed by atoms with Gasteiger partial charge in [0.15, 0.2) is 0 Å². The Morgan fingerprint density at radius 1 is 0.816 bits per heavy atom. The molecule has 1 atom stereocenters. The highest BCUT2D eigenvalue weighted by molar-refractivity contribution is 9.10. The molecule has 2 amide bonds. The second-order valence-corrected chi connectivity index (χ2v) is 15.8. The van der Waals surface area contributed by atoms with Crippen LogP contribution in [0.3, 0.4) is 0 Å². The number of anilines is 1. The van der Waals surface area contributed by atoms with Crippen LogP contribution in [0.5, 0.6) is 5.75 Å². The van der Waals surface area contributed by atoms with Gasteiger partial charge in [-0.1, -0.05) is 93.6 Å². The molecule has 4 aromatic carbocycles. The Balaban J connectivity index is 1.56. The highest BCUT2D eigenvalue weighted by Crippen LogP contribution is 2.28. The molecule has 1 fully saturated rings. The van der Waals surface area contributed by atoms with Gasteiger partial charge in [-0.3, -0.25) is 13.9 Å². The number of benzene rings is 4. The second kappa shape index (κ2) is 17.3. The molecule has 258 valence electrons. The summed E-state index contributed by atoms with van der Waals surface area (Å²) in [7, 11) is -4.21. The highest BCUT2D eigenvalue weighted by atomic mass is 79.9. The third-order valence-corrected chi connectivity index (χ3v) is 11.5. The predicted molar refractivity (Wildman–Crippen MR) is 200 cm³/mol. The molecule has 0 unspecified atom stereocenters. The average molecular weight is 812 g/mol. The molecule has 0 radical (unpaired) electrons. The zero-order valence-electron chi connectivity index (χ0n) is 27.4. The first-order valence-electron chi connectivity index (χ1n) is 16.5. The van der Waals surface area contributed by atoms with Crippen molar-refractivity contribution in [2.45, 2.75) is 69.0 Å². The van der Waals surface area contributed by atoms with Crippen molar-refractivity contribution in [1.29, 1.82) is 0 Å². The van der Waals surface area contributed by atoms with E-state index in [-0.39, 0.29) is 29.8 Å². The fourth-order valence-electron chi connectivity index (χ4n) is 6.02. The van der Waals surface area contributed by atoms with Crippen molar-refractivity contribution in [3.05, 3.63) is 123 Å². The van der Waals surface area contributed by atoms with Crippen molar-refractivity contribution in [2.24, 2.45) is 0 Å². The summed E-state index contributed by atoms with van der Waals surface area (Å²) in [5, 5.41) is 3.24. The lowest BCUT2D eigenvalue weighted by atomic mass is 9.94. The number of hydrogen-bond donors (Lipinski definition) is 1. The van der Waals surface area contributed by atoms with Gasteiger partial charge in [0, 0.05) is 28.0 Å². The van der Waals surface area contributed by atoms with Crippen LogP contribution in [0.2, 0.25) is 0 Å². The van der Waals surface area contributed by atoms with Gasteiger partial charge < -0.3 is 15.0 Å². The minimum absolute atomic E-state index is 0.0299. The third-order valence-electron chi connectivity index (χ3n) is 8.61. The molecule has 0 heterocycles. The van der Waals surface area contributed by atoms with Gasteiger partial charge >= 0.3 is 0 Å². The van der Waals surface area contributed by atoms with E-state index >= 15 is 0 Å². The Labute approximate surface area is 306 Å². The van der Waals surface area contributed by atoms with E-state index in [1.807, 2.05) is 61.5 Å². The molecule has 0 aliphatic heterocycles. The van der Waals surface area contributed by atoms with Crippen LogP contribution in [0.1, 0.15) is 50.2 Å². The number of amides is 2. The van der Waals surface area contributed by atoms with Gasteiger partial charge in [-0.25, -0.2) is 8.42 Å². The number of hydrogen-bond acceptors (Lipinski definition) is 5. The summed E-state index contributed by atoms with van der Waals surface area (Å²) in [6.07, 6.45) is 5.27. The van der Waals surface area contributed by atoms with Crippen LogP contribution >= 0.6 is 31.9 Å². The van der Waals surface area contributed by atoms with E-state index in [4.69, 9.17) is 4.74 Å². The molecule has 4 aromatic rings. The maximum Gasteiger partial charge on any atom is 0.264 e. The molecule has 0 bridgehead atoms. The molecule has 0 saturated heterocycles. The van der Waals surface area contributed by atoms with E-state index in [9.17, 15) is 18.0 Å². The van der Waals surface area contributed by atoms with Crippen LogP contribution in [0.4, 0.5) is 5.69 Å². The molecule has 1 saturated carbocycles. The molecular formula is C38H41Br2N3O5S. The lowest BCUT2D eigenvalue weighted by Crippen LogP contribution is -2.55. The quantitative estimate of drug-likeness (QED) is 0.140. The average Bonchev–Trinajstić information content (AvgIpc) is 3.11. The van der Waals surface area contributed by atoms with Crippen LogP contribution in [0, 0.1) is 0 Å². The summed E-state index contributed by atoms with van der Waals surface area (Å²) >= 11 is 6.86. The van der Waals surface area contributed by atoms with Crippen LogP contribution in [-0.4, -0.2) is 50.4 Å². The minimum Gasteiger partial charge on any atom is -0.494 e. The van der Waals surface area contributed by atoms with Gasteiger partial charge in [0.1, 0.15) is 18.3 Å². The predicted octanol–water partition coefficient (Wildman–Crippen LogP) is 7.89. The largest absolute Gasteiger partial charge is 0.494 e. The van der Waals surface area contributed by atoms with Gasteiger partial charge in [-0.05, 0) is 91.6 Å². The second-order valence-electron chi connectivity index (χ2n) is 12.1. The lowest BCUT2D eigenvalue weighted by molar-refractivity contribution is -0.140. The number of sulfonamides is 1. The van der Waals surface area contributed by atoms with Crippen LogP contribution in [0.15, 0.2) is 117 Å². The summed E-state index contributed by atoms with van der Waals surface area (Å²) in [6.45, 7) is 1.91. The Kier molecular flexibility index (Phi) is 12.9. The Bertz CT molecular complexity index is 1780. The molecule has 1 aliphatic rings. The van der Waals surface area contributed by atoms with Crippen molar-refractivity contribution < 1.29 is 22.7 Å². The smallest absolute Gasteiger partial charge is 0.264 e. The summed E-state index contributed by atoms with van der Waals surface area (Å²) in [6, 6.07) is 29.2. The van der Waals surface area contributed by atoms with Crippen molar-refractivity contribution in [3.8, 4) is 5.75 Å². The first-order chi connectivity index (χ1) is 23.6. The summed E-state index contributed by atoms with van der Waals surface area (Å²) in [4.78, 5) is 30.5. The topological polar surface area (TPSA) is 96.0 Å². The van der Waals surface area contributed by atoms with E-state index in [1.54, 1.807) is 36.4 Å². The zero-order chi connectivity index (χ0) is 34.8. The molecule has 8 nitrogen and oxygen atoms in total. The van der Waals surface area contributed by atoms with E-state index in [0.717, 1.165) is 56.5 Å². The SMILES string of the molecule is CCOc1ccc(N(CC(=O)N(Cc2ccc(Br)cc2)[C@@H](Cc2ccccc2)C(=O)NC2CCCCC2)S(=O)(=O)c2ccc(Br)cc2)cc1. The zero-order valence-corrected chi connectivity index (χ0v) is 31.4. The first kappa shape index (κ1) is 36.6. The fraction of sp³-hybridized carbons (Fsp3) is 0.316. The monoisotopic (exact) mass is 809 g/mol. The summed E-state index contributed by atoms with van der Waals surface area (Å²) < 4.78 is 36.9. The molecule has 1 N–H and O–H groups in total. The van der Waals surface area contributed by atoms with Crippen molar-refractivity contribution >= 4 is 59.4 Å². The van der Waals surface area contributed by atoms with E-state index in [1.165, 1.54) is 17.0 Å². The summed E-state index contributed by atoms with van der Waals surface area (Å²) in [5.41, 5.74) is 2.00. The normalized spacial score (nSPS) is 14.1. The number of carbonyl (C=O) groups is 2. The molecule has 0 spiro atoms. The molecule has 11 heteroatoms. The van der Waals surface area contributed by atoms with Crippen LogP contribution < -0.4 is 14.4 Å². The Hall–Kier alpha value is -3.67. The maximum atomic E-state index is 14.7. The van der Waals surface area contributed by atoms with Gasteiger partial charge in [-0.2, -0.15) is 0 Å². The standard InChI is InChI=1S/C38H41Br2N3O5S/c1-2-48-34-21-19-33(20-22-34)43(49(46,47)35-23-17-31(40)18-24-35)27-37(44)42(26-29-13-15-30(39)16-14-29)36(25-28-9-5-3-6-10-28)38(45)41-32-11-7-4-8-12-32/h3,5-6,9-10,13-24,32,36H,2,4,7-8,11-12,25-27H2,1H3,(H,41,45)/t36-/m0/s1. The fourth-order valence-corrected chi connectivity index (χ4v) is 7.97. The molecule has 1 aliphatic carbocycles. The van der Waals surface area contributed by atoms with Gasteiger partial charge in [0.25, 0.3) is 10.0 Å². The van der Waals surface area contributed by atoms with E-state index in [2.05, 4.69) is 37.2 Å². The van der Waals surface area contributed by atoms with Crippen LogP contribution in [-0.2, 0) is 32.6 Å². The Morgan fingerprint density at radius 2 is 1.43 bits per heavy atom. The highest BCUT2D eigenvalue weighted by Gasteiger charge is 2.35. The minimum atomic E-state index is -4.21. The van der Waals surface area contributed by atoms with Crippen molar-refractivity contribution in [3.63, 3.8) is 0 Å². The van der Waals surface area contributed by atoms with Crippen molar-refractivity contribution in [1.82, 2.24) is 10.2 Å². The lowest BCUT2D eigenvalue weighted by Gasteiger charge is -2.35. The van der Waals surface area contributed by atoms with Gasteiger partial charge in [0.05, 0.1) is 17.2 Å². The Morgan fingerprint density at radius 3 is 2.04 bits per heavy atom. The molecule has 5 rings (SSSR count). The molecule has 0 aromatic heterocycles. The van der Waals surface area contributed by atoms with E-state index in [0.29, 0.717) is 18.0 Å². The number of carbonyl (C=O) groups excluding carboxylic acids is 2. The van der Waals surface area contributed by atoms with Crippen molar-refractivity contribution in [2.75, 3.05) is 17.5 Å². The number of halogens is 2. The molecule has 49 heavy (non-hydrogen) atoms. The number of nitrogens with zero attached hydrogens (tertiary/aromatic N) is 2. The maximum absolute atomic E-state index is 14.7. The van der Waals surface area contributed by atoms with E-state index < -0.39 is 28.5 Å². The van der Waals surface area contributed by atoms with Crippen LogP contribution in [0.25, 0.3) is 0 Å². The number of ether oxygens (including phenoxy) is 1. The first-order valence-corrected chi connectivity index (χ1v) is 19.6. The summed E-state index contributed by atoms with van der Waals surface area (Å²) in [5.74, 6) is -0.167. The van der Waals surface area contributed by atoms with Gasteiger partial charge in [0.2, 0.25) is 11.8 Å². The van der Waals surface area contributed by atoms with Gasteiger partial charge in [-0.15, -0.1) is 0 Å². The molecular weight excluding hydrogens is 770 g/mol. The number of rotatable bonds is 14. The third kappa shape index (κ3) is 9.95.